The average molecular weight is 231 g/mol. The number of aliphatic hydroxyl groups is 1. The summed E-state index contributed by atoms with van der Waals surface area (Å²) < 4.78 is 0. The van der Waals surface area contributed by atoms with E-state index in [1.54, 1.807) is 0 Å². The molecular formula is C12H25NOS. The van der Waals surface area contributed by atoms with E-state index in [9.17, 15) is 5.11 Å². The topological polar surface area (TPSA) is 32.3 Å². The van der Waals surface area contributed by atoms with E-state index in [0.29, 0.717) is 17.1 Å². The Hall–Kier alpha value is 0.270. The first-order valence-electron chi connectivity index (χ1n) is 5.97. The second-order valence-electron chi connectivity index (χ2n) is 5.10. The highest BCUT2D eigenvalue weighted by atomic mass is 32.2. The zero-order chi connectivity index (χ0) is 11.5. The number of likely N-dealkylation sites (N-methyl/N-ethyl adjacent to an activating group) is 1. The summed E-state index contributed by atoms with van der Waals surface area (Å²) in [5.41, 5.74) is -0.0200. The van der Waals surface area contributed by atoms with Crippen LogP contribution in [-0.4, -0.2) is 35.3 Å². The molecule has 2 N–H and O–H groups in total. The van der Waals surface area contributed by atoms with E-state index < -0.39 is 0 Å². The van der Waals surface area contributed by atoms with Crippen LogP contribution >= 0.6 is 11.8 Å². The molecule has 0 aliphatic heterocycles. The molecule has 90 valence electrons. The summed E-state index contributed by atoms with van der Waals surface area (Å²) in [6.45, 7) is 7.07. The molecule has 1 aliphatic carbocycles. The molecular weight excluding hydrogens is 206 g/mol. The molecule has 15 heavy (non-hydrogen) atoms. The minimum absolute atomic E-state index is 0.0200. The molecule has 0 aromatic heterocycles. The normalized spacial score (nSPS) is 22.8. The molecule has 0 radical (unpaired) electrons. The molecule has 0 aromatic rings. The van der Waals surface area contributed by atoms with Crippen LogP contribution in [0.15, 0.2) is 0 Å². The molecule has 0 heterocycles. The number of aliphatic hydroxyl groups excluding tert-OH is 1. The van der Waals surface area contributed by atoms with Crippen LogP contribution in [0.5, 0.6) is 0 Å². The van der Waals surface area contributed by atoms with E-state index in [1.165, 1.54) is 12.8 Å². The summed E-state index contributed by atoms with van der Waals surface area (Å²) in [6.07, 6.45) is 2.55. The van der Waals surface area contributed by atoms with Gasteiger partial charge in [0.25, 0.3) is 0 Å². The molecule has 2 unspecified atom stereocenters. The molecule has 0 spiro atoms. The fourth-order valence-electron chi connectivity index (χ4n) is 1.76. The van der Waals surface area contributed by atoms with Crippen molar-refractivity contribution in [2.45, 2.75) is 44.4 Å². The van der Waals surface area contributed by atoms with Gasteiger partial charge in [0.05, 0.1) is 12.1 Å². The minimum atomic E-state index is -0.0200. The fraction of sp³-hybridized carbons (Fsp3) is 1.00. The largest absolute Gasteiger partial charge is 0.394 e. The van der Waals surface area contributed by atoms with Crippen LogP contribution in [0, 0.1) is 11.8 Å². The summed E-state index contributed by atoms with van der Waals surface area (Å²) >= 11 is 1.99. The predicted molar refractivity (Wildman–Crippen MR) is 68.4 cm³/mol. The Kier molecular flexibility index (Phi) is 4.94. The van der Waals surface area contributed by atoms with Crippen LogP contribution in [0.2, 0.25) is 0 Å². The molecule has 0 amide bonds. The molecule has 1 fully saturated rings. The summed E-state index contributed by atoms with van der Waals surface area (Å²) in [6, 6.07) is 0. The first kappa shape index (κ1) is 13.3. The highest BCUT2D eigenvalue weighted by Gasteiger charge is 2.43. The van der Waals surface area contributed by atoms with Crippen molar-refractivity contribution in [3.05, 3.63) is 0 Å². The van der Waals surface area contributed by atoms with Crippen molar-refractivity contribution in [1.82, 2.24) is 5.32 Å². The maximum Gasteiger partial charge on any atom is 0.0624 e. The van der Waals surface area contributed by atoms with E-state index in [1.807, 2.05) is 18.8 Å². The van der Waals surface area contributed by atoms with Gasteiger partial charge in [-0.1, -0.05) is 20.8 Å². The fourth-order valence-corrected chi connectivity index (χ4v) is 3.17. The van der Waals surface area contributed by atoms with E-state index in [4.69, 9.17) is 0 Å². The maximum atomic E-state index is 9.56. The minimum Gasteiger partial charge on any atom is -0.394 e. The van der Waals surface area contributed by atoms with Crippen molar-refractivity contribution >= 4 is 11.8 Å². The third kappa shape index (κ3) is 3.36. The van der Waals surface area contributed by atoms with Gasteiger partial charge in [0.2, 0.25) is 0 Å². The van der Waals surface area contributed by atoms with E-state index in [2.05, 4.69) is 26.1 Å². The van der Waals surface area contributed by atoms with Crippen LogP contribution < -0.4 is 5.32 Å². The third-order valence-corrected chi connectivity index (χ3v) is 5.43. The Morgan fingerprint density at radius 3 is 2.33 bits per heavy atom. The maximum absolute atomic E-state index is 9.56. The van der Waals surface area contributed by atoms with Crippen LogP contribution in [-0.2, 0) is 0 Å². The van der Waals surface area contributed by atoms with E-state index in [0.717, 1.165) is 5.75 Å². The first-order chi connectivity index (χ1) is 7.05. The number of hydrogen-bond donors (Lipinski definition) is 2. The summed E-state index contributed by atoms with van der Waals surface area (Å²) in [7, 11) is 1.98. The molecule has 2 atom stereocenters. The van der Waals surface area contributed by atoms with Crippen molar-refractivity contribution in [2.24, 2.45) is 11.8 Å². The third-order valence-electron chi connectivity index (χ3n) is 3.68. The van der Waals surface area contributed by atoms with Gasteiger partial charge in [0.1, 0.15) is 0 Å². The molecule has 2 nitrogen and oxygen atoms in total. The monoisotopic (exact) mass is 231 g/mol. The zero-order valence-electron chi connectivity index (χ0n) is 10.4. The zero-order valence-corrected chi connectivity index (χ0v) is 11.2. The first-order valence-corrected chi connectivity index (χ1v) is 7.02. The van der Waals surface area contributed by atoms with Gasteiger partial charge in [0, 0.05) is 11.0 Å². The number of rotatable bonds is 7. The molecule has 3 heteroatoms. The summed E-state index contributed by atoms with van der Waals surface area (Å²) in [5, 5.41) is 13.6. The van der Waals surface area contributed by atoms with Crippen molar-refractivity contribution < 1.29 is 5.11 Å². The summed E-state index contributed by atoms with van der Waals surface area (Å²) in [4.78, 5) is 0. The Morgan fingerprint density at radius 2 is 2.00 bits per heavy atom. The lowest BCUT2D eigenvalue weighted by atomic mass is 9.97. The second kappa shape index (κ2) is 5.55. The Labute approximate surface area is 98.2 Å². The van der Waals surface area contributed by atoms with Crippen LogP contribution in [0.1, 0.15) is 33.6 Å². The van der Waals surface area contributed by atoms with Gasteiger partial charge < -0.3 is 10.4 Å². The van der Waals surface area contributed by atoms with Crippen molar-refractivity contribution in [1.29, 1.82) is 0 Å². The Bertz CT molecular complexity index is 188. The van der Waals surface area contributed by atoms with Gasteiger partial charge in [-0.25, -0.2) is 0 Å². The second-order valence-corrected chi connectivity index (χ2v) is 6.46. The van der Waals surface area contributed by atoms with Gasteiger partial charge >= 0.3 is 0 Å². The molecule has 0 aromatic carbocycles. The lowest BCUT2D eigenvalue weighted by Gasteiger charge is -2.33. The molecule has 0 bridgehead atoms. The van der Waals surface area contributed by atoms with Crippen LogP contribution in [0.3, 0.4) is 0 Å². The van der Waals surface area contributed by atoms with Crippen molar-refractivity contribution in [3.8, 4) is 0 Å². The van der Waals surface area contributed by atoms with Gasteiger partial charge in [-0.15, -0.1) is 0 Å². The Morgan fingerprint density at radius 1 is 1.40 bits per heavy atom. The predicted octanol–water partition coefficient (Wildman–Crippen LogP) is 2.12. The standard InChI is InChI=1S/C12H25NOS/c1-9(2)10(3)15-8-12(7-14,13-4)11-5-6-11/h9-11,13-14H,5-8H2,1-4H3. The van der Waals surface area contributed by atoms with Crippen molar-refractivity contribution in [2.75, 3.05) is 19.4 Å². The molecule has 0 saturated heterocycles. The van der Waals surface area contributed by atoms with Gasteiger partial charge in [-0.2, -0.15) is 11.8 Å². The SMILES string of the molecule is CNC(CO)(CSC(C)C(C)C)C1CC1. The highest BCUT2D eigenvalue weighted by molar-refractivity contribution is 7.99. The number of nitrogens with one attached hydrogen (secondary N) is 1. The number of hydrogen-bond acceptors (Lipinski definition) is 3. The quantitative estimate of drug-likeness (QED) is 0.704. The average Bonchev–Trinajstić information content (AvgIpc) is 3.04. The van der Waals surface area contributed by atoms with E-state index >= 15 is 0 Å². The van der Waals surface area contributed by atoms with Gasteiger partial charge in [0.15, 0.2) is 0 Å². The Balaban J connectivity index is 2.44. The smallest absolute Gasteiger partial charge is 0.0624 e. The van der Waals surface area contributed by atoms with E-state index in [-0.39, 0.29) is 12.1 Å². The lowest BCUT2D eigenvalue weighted by Crippen LogP contribution is -2.51. The van der Waals surface area contributed by atoms with Crippen LogP contribution in [0.25, 0.3) is 0 Å². The van der Waals surface area contributed by atoms with Crippen molar-refractivity contribution in [3.63, 3.8) is 0 Å². The van der Waals surface area contributed by atoms with Crippen LogP contribution in [0.4, 0.5) is 0 Å². The molecule has 1 saturated carbocycles. The summed E-state index contributed by atoms with van der Waals surface area (Å²) in [5.74, 6) is 2.44. The molecule has 1 aliphatic rings. The lowest BCUT2D eigenvalue weighted by molar-refractivity contribution is 0.167. The highest BCUT2D eigenvalue weighted by Crippen LogP contribution is 2.41. The van der Waals surface area contributed by atoms with Gasteiger partial charge in [-0.3, -0.25) is 0 Å². The number of thioether (sulfide) groups is 1. The van der Waals surface area contributed by atoms with Gasteiger partial charge in [-0.05, 0) is 31.7 Å². The molecule has 1 rings (SSSR count).